The summed E-state index contributed by atoms with van der Waals surface area (Å²) in [5, 5.41) is 13.8. The van der Waals surface area contributed by atoms with Gasteiger partial charge in [0.1, 0.15) is 0 Å². The third-order valence-electron chi connectivity index (χ3n) is 4.56. The van der Waals surface area contributed by atoms with E-state index in [1.54, 1.807) is 18.2 Å². The van der Waals surface area contributed by atoms with Crippen LogP contribution in [0.1, 0.15) is 49.4 Å². The fourth-order valence-corrected chi connectivity index (χ4v) is 2.92. The molecule has 21 heavy (non-hydrogen) atoms. The molecule has 0 spiro atoms. The lowest BCUT2D eigenvalue weighted by Gasteiger charge is -2.36. The van der Waals surface area contributed by atoms with E-state index in [0.29, 0.717) is 23.5 Å². The van der Waals surface area contributed by atoms with Crippen LogP contribution in [0.5, 0.6) is 0 Å². The van der Waals surface area contributed by atoms with Crippen LogP contribution in [-0.4, -0.2) is 23.2 Å². The number of carbonyl (C=O) groups excluding carboxylic acids is 1. The van der Waals surface area contributed by atoms with E-state index in [0.717, 1.165) is 31.6 Å². The van der Waals surface area contributed by atoms with Gasteiger partial charge in [0.05, 0.1) is 17.0 Å². The van der Waals surface area contributed by atoms with E-state index < -0.39 is 11.5 Å². The van der Waals surface area contributed by atoms with Crippen LogP contribution < -0.4 is 16.8 Å². The summed E-state index contributed by atoms with van der Waals surface area (Å²) < 4.78 is 0. The zero-order valence-corrected chi connectivity index (χ0v) is 12.6. The predicted octanol–water partition coefficient (Wildman–Crippen LogP) is 2.11. The summed E-state index contributed by atoms with van der Waals surface area (Å²) in [5.74, 6) is 0.244. The maximum absolute atomic E-state index is 11.2. The Morgan fingerprint density at radius 1 is 1.43 bits per heavy atom. The molecule has 1 aliphatic carbocycles. The van der Waals surface area contributed by atoms with Crippen molar-refractivity contribution in [3.8, 4) is 0 Å². The molecule has 0 heterocycles. The highest BCUT2D eigenvalue weighted by Gasteiger charge is 2.32. The Labute approximate surface area is 125 Å². The molecule has 1 aliphatic rings. The Balaban J connectivity index is 1.99. The molecule has 1 aromatic rings. The Hall–Kier alpha value is -1.75. The average Bonchev–Trinajstić information content (AvgIpc) is 2.47. The molecule has 0 radical (unpaired) electrons. The Morgan fingerprint density at radius 2 is 2.10 bits per heavy atom. The minimum atomic E-state index is -0.694. The first-order valence-electron chi connectivity index (χ1n) is 7.59. The summed E-state index contributed by atoms with van der Waals surface area (Å²) in [5.41, 5.74) is 12.1. The third-order valence-corrected chi connectivity index (χ3v) is 4.56. The molecule has 6 N–H and O–H groups in total. The number of aliphatic hydroxyl groups is 1. The number of primary amides is 1. The van der Waals surface area contributed by atoms with Gasteiger partial charge in [-0.3, -0.25) is 4.79 Å². The lowest BCUT2D eigenvalue weighted by molar-refractivity contribution is 0.00231. The van der Waals surface area contributed by atoms with Gasteiger partial charge in [-0.1, -0.05) is 13.3 Å². The molecule has 0 unspecified atom stereocenters. The standard InChI is InChI=1S/C16H25N3O2/c1-2-11-5-7-16(21,8-6-11)10-19-14-9-12(15(18)20)3-4-13(14)17/h3-4,9,11,19,21H,2,5-8,10,17H2,1H3,(H2,18,20). The molecule has 0 bridgehead atoms. The molecular weight excluding hydrogens is 266 g/mol. The maximum Gasteiger partial charge on any atom is 0.248 e. The van der Waals surface area contributed by atoms with Gasteiger partial charge in [0.2, 0.25) is 5.91 Å². The Bertz CT molecular complexity index is 508. The first kappa shape index (κ1) is 15.6. The van der Waals surface area contributed by atoms with Crippen molar-refractivity contribution in [3.05, 3.63) is 23.8 Å². The van der Waals surface area contributed by atoms with E-state index in [4.69, 9.17) is 11.5 Å². The van der Waals surface area contributed by atoms with Crippen molar-refractivity contribution in [3.63, 3.8) is 0 Å². The van der Waals surface area contributed by atoms with Gasteiger partial charge in [0.25, 0.3) is 0 Å². The number of hydrogen-bond acceptors (Lipinski definition) is 4. The van der Waals surface area contributed by atoms with Gasteiger partial charge in [-0.05, 0) is 49.8 Å². The molecule has 2 rings (SSSR count). The van der Waals surface area contributed by atoms with E-state index in [2.05, 4.69) is 12.2 Å². The van der Waals surface area contributed by atoms with Crippen LogP contribution in [0.15, 0.2) is 18.2 Å². The molecule has 0 aromatic heterocycles. The summed E-state index contributed by atoms with van der Waals surface area (Å²) >= 11 is 0. The van der Waals surface area contributed by atoms with Crippen molar-refractivity contribution in [1.82, 2.24) is 0 Å². The lowest BCUT2D eigenvalue weighted by Crippen LogP contribution is -2.40. The monoisotopic (exact) mass is 291 g/mol. The van der Waals surface area contributed by atoms with E-state index in [1.165, 1.54) is 6.42 Å². The zero-order chi connectivity index (χ0) is 15.5. The van der Waals surface area contributed by atoms with Crippen molar-refractivity contribution in [2.75, 3.05) is 17.6 Å². The van der Waals surface area contributed by atoms with Gasteiger partial charge < -0.3 is 21.9 Å². The van der Waals surface area contributed by atoms with E-state index in [9.17, 15) is 9.90 Å². The molecule has 0 aliphatic heterocycles. The van der Waals surface area contributed by atoms with Gasteiger partial charge in [-0.25, -0.2) is 0 Å². The third kappa shape index (κ3) is 3.88. The zero-order valence-electron chi connectivity index (χ0n) is 12.6. The number of anilines is 2. The van der Waals surface area contributed by atoms with Crippen LogP contribution in [0.25, 0.3) is 0 Å². The predicted molar refractivity (Wildman–Crippen MR) is 85.1 cm³/mol. The number of hydrogen-bond donors (Lipinski definition) is 4. The molecule has 5 nitrogen and oxygen atoms in total. The van der Waals surface area contributed by atoms with Crippen LogP contribution in [0.4, 0.5) is 11.4 Å². The number of nitrogens with two attached hydrogens (primary N) is 2. The fourth-order valence-electron chi connectivity index (χ4n) is 2.92. The SMILES string of the molecule is CCC1CCC(O)(CNc2cc(C(N)=O)ccc2N)CC1. The molecule has 116 valence electrons. The summed E-state index contributed by atoms with van der Waals surface area (Å²) in [4.78, 5) is 11.2. The second-order valence-corrected chi connectivity index (χ2v) is 6.10. The van der Waals surface area contributed by atoms with Crippen molar-refractivity contribution in [2.45, 2.75) is 44.6 Å². The molecule has 0 saturated heterocycles. The smallest absolute Gasteiger partial charge is 0.248 e. The van der Waals surface area contributed by atoms with Gasteiger partial charge in [0.15, 0.2) is 0 Å². The van der Waals surface area contributed by atoms with Gasteiger partial charge in [-0.2, -0.15) is 0 Å². The lowest BCUT2D eigenvalue weighted by atomic mass is 9.78. The van der Waals surface area contributed by atoms with Crippen LogP contribution in [0.3, 0.4) is 0 Å². The number of nitrogens with one attached hydrogen (secondary N) is 1. The number of rotatable bonds is 5. The normalized spacial score (nSPS) is 25.5. The van der Waals surface area contributed by atoms with Crippen molar-refractivity contribution in [2.24, 2.45) is 11.7 Å². The number of amides is 1. The van der Waals surface area contributed by atoms with Gasteiger partial charge in [0, 0.05) is 12.1 Å². The minimum absolute atomic E-state index is 0.411. The molecule has 5 heteroatoms. The average molecular weight is 291 g/mol. The number of nitrogen functional groups attached to an aromatic ring is 1. The molecule has 1 fully saturated rings. The van der Waals surface area contributed by atoms with Gasteiger partial charge in [-0.15, -0.1) is 0 Å². The highest BCUT2D eigenvalue weighted by atomic mass is 16.3. The first-order chi connectivity index (χ1) is 9.93. The van der Waals surface area contributed by atoms with E-state index in [1.807, 2.05) is 0 Å². The summed E-state index contributed by atoms with van der Waals surface area (Å²) in [6.07, 6.45) is 4.90. The number of carbonyl (C=O) groups is 1. The summed E-state index contributed by atoms with van der Waals surface area (Å²) in [6.45, 7) is 2.64. The minimum Gasteiger partial charge on any atom is -0.397 e. The van der Waals surface area contributed by atoms with Gasteiger partial charge >= 0.3 is 0 Å². The maximum atomic E-state index is 11.2. The first-order valence-corrected chi connectivity index (χ1v) is 7.59. The number of benzene rings is 1. The van der Waals surface area contributed by atoms with Crippen LogP contribution >= 0.6 is 0 Å². The Kier molecular flexibility index (Phi) is 4.73. The van der Waals surface area contributed by atoms with Crippen molar-refractivity contribution < 1.29 is 9.90 Å². The topological polar surface area (TPSA) is 101 Å². The summed E-state index contributed by atoms with van der Waals surface area (Å²) in [7, 11) is 0. The van der Waals surface area contributed by atoms with E-state index in [-0.39, 0.29) is 0 Å². The quantitative estimate of drug-likeness (QED) is 0.624. The second kappa shape index (κ2) is 6.35. The summed E-state index contributed by atoms with van der Waals surface area (Å²) in [6, 6.07) is 4.89. The molecular formula is C16H25N3O2. The van der Waals surface area contributed by atoms with Crippen molar-refractivity contribution >= 4 is 17.3 Å². The molecule has 1 amide bonds. The largest absolute Gasteiger partial charge is 0.397 e. The van der Waals surface area contributed by atoms with Crippen LogP contribution in [0, 0.1) is 5.92 Å². The Morgan fingerprint density at radius 3 is 2.67 bits per heavy atom. The molecule has 0 atom stereocenters. The molecule has 1 saturated carbocycles. The van der Waals surface area contributed by atoms with Crippen LogP contribution in [0.2, 0.25) is 0 Å². The van der Waals surface area contributed by atoms with E-state index >= 15 is 0 Å². The van der Waals surface area contributed by atoms with Crippen molar-refractivity contribution in [1.29, 1.82) is 0 Å². The highest BCUT2D eigenvalue weighted by molar-refractivity contribution is 5.94. The molecule has 1 aromatic carbocycles. The highest BCUT2D eigenvalue weighted by Crippen LogP contribution is 2.34. The van der Waals surface area contributed by atoms with Crippen LogP contribution in [-0.2, 0) is 0 Å². The fraction of sp³-hybridized carbons (Fsp3) is 0.562. The second-order valence-electron chi connectivity index (χ2n) is 6.10.